The molecule has 0 spiro atoms. The lowest BCUT2D eigenvalue weighted by molar-refractivity contribution is 0.0790. The maximum atomic E-state index is 12.9. The second kappa shape index (κ2) is 6.82. The molecule has 2 saturated heterocycles. The zero-order valence-corrected chi connectivity index (χ0v) is 14.8. The highest BCUT2D eigenvalue weighted by molar-refractivity contribution is 7.89. The zero-order valence-electron chi connectivity index (χ0n) is 14.0. The highest BCUT2D eigenvalue weighted by Crippen LogP contribution is 2.26. The molecule has 6 nitrogen and oxygen atoms in total. The van der Waals surface area contributed by atoms with Gasteiger partial charge in [-0.25, -0.2) is 8.42 Å². The number of hydrogen-bond acceptors (Lipinski definition) is 4. The van der Waals surface area contributed by atoms with Crippen molar-refractivity contribution in [1.29, 1.82) is 0 Å². The molecule has 0 aliphatic carbocycles. The average molecular weight is 351 g/mol. The summed E-state index contributed by atoms with van der Waals surface area (Å²) in [5, 5.41) is 0. The van der Waals surface area contributed by atoms with Gasteiger partial charge in [0.1, 0.15) is 0 Å². The lowest BCUT2D eigenvalue weighted by Crippen LogP contribution is -2.42. The summed E-state index contributed by atoms with van der Waals surface area (Å²) < 4.78 is 27.4. The fourth-order valence-corrected chi connectivity index (χ4v) is 5.25. The Kier molecular flexibility index (Phi) is 4.94. The standard InChI is InChI=1S/C17H25N3O3S/c1-13-5-2-3-9-20(13)24(22,23)16-7-4-6-14(11-16)17(21)19-10-8-15(18)12-19/h4,6-7,11,13,15H,2-3,5,8-10,12,18H2,1H3/t13?,15-/m1/s1. The first-order valence-electron chi connectivity index (χ1n) is 8.56. The lowest BCUT2D eigenvalue weighted by Gasteiger charge is -2.32. The molecule has 2 aliphatic heterocycles. The Labute approximate surface area is 143 Å². The van der Waals surface area contributed by atoms with Crippen LogP contribution in [0.15, 0.2) is 29.2 Å². The molecule has 0 saturated carbocycles. The first-order valence-corrected chi connectivity index (χ1v) is 10.0. The number of piperidine rings is 1. The van der Waals surface area contributed by atoms with Crippen molar-refractivity contribution < 1.29 is 13.2 Å². The normalized spacial score (nSPS) is 25.8. The van der Waals surface area contributed by atoms with Gasteiger partial charge in [-0.2, -0.15) is 4.31 Å². The molecule has 132 valence electrons. The average Bonchev–Trinajstić information content (AvgIpc) is 3.01. The molecule has 1 amide bonds. The Balaban J connectivity index is 1.85. The van der Waals surface area contributed by atoms with Crippen molar-refractivity contribution >= 4 is 15.9 Å². The van der Waals surface area contributed by atoms with Crippen LogP contribution in [0.4, 0.5) is 0 Å². The van der Waals surface area contributed by atoms with E-state index in [0.29, 0.717) is 25.2 Å². The Bertz CT molecular complexity index is 720. The fraction of sp³-hybridized carbons (Fsp3) is 0.588. The lowest BCUT2D eigenvalue weighted by atomic mass is 10.1. The van der Waals surface area contributed by atoms with Gasteiger partial charge in [0.05, 0.1) is 4.90 Å². The van der Waals surface area contributed by atoms with Gasteiger partial charge in [-0.05, 0) is 44.4 Å². The first-order chi connectivity index (χ1) is 11.4. The van der Waals surface area contributed by atoms with Crippen LogP contribution in [0.25, 0.3) is 0 Å². The number of benzene rings is 1. The summed E-state index contributed by atoms with van der Waals surface area (Å²) >= 11 is 0. The molecule has 2 aliphatic rings. The largest absolute Gasteiger partial charge is 0.337 e. The third-order valence-corrected chi connectivity index (χ3v) is 6.95. The van der Waals surface area contributed by atoms with E-state index < -0.39 is 10.0 Å². The van der Waals surface area contributed by atoms with Crippen molar-refractivity contribution in [1.82, 2.24) is 9.21 Å². The van der Waals surface area contributed by atoms with Crippen LogP contribution in [-0.4, -0.2) is 55.2 Å². The van der Waals surface area contributed by atoms with E-state index in [1.807, 2.05) is 6.92 Å². The van der Waals surface area contributed by atoms with Crippen LogP contribution in [0.3, 0.4) is 0 Å². The summed E-state index contributed by atoms with van der Waals surface area (Å²) in [5.41, 5.74) is 6.27. The maximum absolute atomic E-state index is 12.9. The molecule has 1 aromatic carbocycles. The summed E-state index contributed by atoms with van der Waals surface area (Å²) in [7, 11) is -3.56. The van der Waals surface area contributed by atoms with Gasteiger partial charge in [-0.1, -0.05) is 12.5 Å². The van der Waals surface area contributed by atoms with E-state index in [1.54, 1.807) is 27.4 Å². The molecule has 7 heteroatoms. The number of sulfonamides is 1. The molecule has 2 fully saturated rings. The van der Waals surface area contributed by atoms with Crippen LogP contribution in [0.2, 0.25) is 0 Å². The maximum Gasteiger partial charge on any atom is 0.253 e. The van der Waals surface area contributed by atoms with E-state index in [9.17, 15) is 13.2 Å². The van der Waals surface area contributed by atoms with Gasteiger partial charge in [-0.15, -0.1) is 0 Å². The van der Waals surface area contributed by atoms with E-state index in [2.05, 4.69) is 0 Å². The summed E-state index contributed by atoms with van der Waals surface area (Å²) in [6, 6.07) is 6.40. The van der Waals surface area contributed by atoms with Gasteiger partial charge in [-0.3, -0.25) is 4.79 Å². The summed E-state index contributed by atoms with van der Waals surface area (Å²) in [6.07, 6.45) is 3.60. The molecule has 3 rings (SSSR count). The van der Waals surface area contributed by atoms with Gasteiger partial charge in [0.25, 0.3) is 5.91 Å². The predicted molar refractivity (Wildman–Crippen MR) is 92.1 cm³/mol. The van der Waals surface area contributed by atoms with Gasteiger partial charge < -0.3 is 10.6 Å². The molecule has 1 unspecified atom stereocenters. The van der Waals surface area contributed by atoms with Crippen molar-refractivity contribution in [3.8, 4) is 0 Å². The monoisotopic (exact) mass is 351 g/mol. The van der Waals surface area contributed by atoms with Crippen molar-refractivity contribution in [2.24, 2.45) is 5.73 Å². The highest BCUT2D eigenvalue weighted by Gasteiger charge is 2.32. The van der Waals surface area contributed by atoms with Crippen molar-refractivity contribution in [2.45, 2.75) is 49.6 Å². The quantitative estimate of drug-likeness (QED) is 0.893. The van der Waals surface area contributed by atoms with E-state index >= 15 is 0 Å². The Morgan fingerprint density at radius 3 is 2.67 bits per heavy atom. The zero-order chi connectivity index (χ0) is 17.3. The summed E-state index contributed by atoms with van der Waals surface area (Å²) in [6.45, 7) is 3.64. The molecule has 0 radical (unpaired) electrons. The Morgan fingerprint density at radius 2 is 2.00 bits per heavy atom. The van der Waals surface area contributed by atoms with Crippen molar-refractivity contribution in [3.05, 3.63) is 29.8 Å². The van der Waals surface area contributed by atoms with Crippen LogP contribution >= 0.6 is 0 Å². The van der Waals surface area contributed by atoms with E-state index in [0.717, 1.165) is 25.7 Å². The number of carbonyl (C=O) groups is 1. The Morgan fingerprint density at radius 1 is 1.21 bits per heavy atom. The molecule has 24 heavy (non-hydrogen) atoms. The molecular formula is C17H25N3O3S. The third-order valence-electron chi connectivity index (χ3n) is 4.94. The van der Waals surface area contributed by atoms with Crippen LogP contribution in [-0.2, 0) is 10.0 Å². The van der Waals surface area contributed by atoms with Crippen LogP contribution in [0.1, 0.15) is 43.0 Å². The molecule has 0 aromatic heterocycles. The van der Waals surface area contributed by atoms with E-state index in [-0.39, 0.29) is 22.9 Å². The number of carbonyl (C=O) groups excluding carboxylic acids is 1. The molecule has 2 atom stereocenters. The van der Waals surface area contributed by atoms with Crippen molar-refractivity contribution in [2.75, 3.05) is 19.6 Å². The SMILES string of the molecule is CC1CCCCN1S(=O)(=O)c1cccc(C(=O)N2CC[C@@H](N)C2)c1. The minimum atomic E-state index is -3.56. The van der Waals surface area contributed by atoms with Gasteiger partial charge in [0, 0.05) is 37.3 Å². The number of likely N-dealkylation sites (tertiary alicyclic amines) is 1. The van der Waals surface area contributed by atoms with Crippen LogP contribution in [0.5, 0.6) is 0 Å². The third kappa shape index (κ3) is 3.34. The summed E-state index contributed by atoms with van der Waals surface area (Å²) in [4.78, 5) is 14.5. The number of amides is 1. The predicted octanol–water partition coefficient (Wildman–Crippen LogP) is 1.42. The molecule has 2 heterocycles. The van der Waals surface area contributed by atoms with Crippen LogP contribution < -0.4 is 5.73 Å². The highest BCUT2D eigenvalue weighted by atomic mass is 32.2. The summed E-state index contributed by atoms with van der Waals surface area (Å²) in [5.74, 6) is -0.147. The second-order valence-electron chi connectivity index (χ2n) is 6.79. The minimum Gasteiger partial charge on any atom is -0.337 e. The Hall–Kier alpha value is -1.44. The molecule has 0 bridgehead atoms. The smallest absolute Gasteiger partial charge is 0.253 e. The van der Waals surface area contributed by atoms with Gasteiger partial charge in [0.2, 0.25) is 10.0 Å². The van der Waals surface area contributed by atoms with Crippen molar-refractivity contribution in [3.63, 3.8) is 0 Å². The van der Waals surface area contributed by atoms with E-state index in [4.69, 9.17) is 5.73 Å². The fourth-order valence-electron chi connectivity index (χ4n) is 3.51. The molecular weight excluding hydrogens is 326 g/mol. The number of hydrogen-bond donors (Lipinski definition) is 1. The number of nitrogens with two attached hydrogens (primary N) is 1. The van der Waals surface area contributed by atoms with Gasteiger partial charge in [0.15, 0.2) is 0 Å². The minimum absolute atomic E-state index is 0.000289. The number of rotatable bonds is 3. The van der Waals surface area contributed by atoms with Crippen LogP contribution in [0, 0.1) is 0 Å². The number of nitrogens with zero attached hydrogens (tertiary/aromatic N) is 2. The first kappa shape index (κ1) is 17.4. The van der Waals surface area contributed by atoms with E-state index in [1.165, 1.54) is 6.07 Å². The second-order valence-corrected chi connectivity index (χ2v) is 8.68. The molecule has 1 aromatic rings. The molecule has 2 N–H and O–H groups in total. The topological polar surface area (TPSA) is 83.7 Å². The van der Waals surface area contributed by atoms with Gasteiger partial charge >= 0.3 is 0 Å².